The summed E-state index contributed by atoms with van der Waals surface area (Å²) >= 11 is 0. The van der Waals surface area contributed by atoms with Gasteiger partial charge < -0.3 is 9.80 Å². The minimum Gasteiger partial charge on any atom is -0.343 e. The van der Waals surface area contributed by atoms with Crippen molar-refractivity contribution in [1.82, 2.24) is 30.2 Å². The van der Waals surface area contributed by atoms with Crippen LogP contribution in [0.15, 0.2) is 18.3 Å². The van der Waals surface area contributed by atoms with Crippen molar-refractivity contribution in [1.29, 1.82) is 0 Å². The summed E-state index contributed by atoms with van der Waals surface area (Å²) in [6.07, 6.45) is 6.90. The van der Waals surface area contributed by atoms with Crippen molar-refractivity contribution in [3.63, 3.8) is 0 Å². The molecule has 1 N–H and O–H groups in total. The van der Waals surface area contributed by atoms with Gasteiger partial charge in [0.25, 0.3) is 5.91 Å². The molecule has 29 heavy (non-hydrogen) atoms. The number of carbonyl (C=O) groups excluding carboxylic acids is 2. The lowest BCUT2D eigenvalue weighted by Crippen LogP contribution is -2.45. The van der Waals surface area contributed by atoms with Gasteiger partial charge in [0.05, 0.1) is 17.3 Å². The summed E-state index contributed by atoms with van der Waals surface area (Å²) in [4.78, 5) is 34.3. The largest absolute Gasteiger partial charge is 0.343 e. The highest BCUT2D eigenvalue weighted by atomic mass is 16.2. The Kier molecular flexibility index (Phi) is 5.60. The molecule has 4 rings (SSSR count). The van der Waals surface area contributed by atoms with Gasteiger partial charge in [-0.25, -0.2) is 0 Å². The van der Waals surface area contributed by atoms with Gasteiger partial charge in [0.2, 0.25) is 5.91 Å². The summed E-state index contributed by atoms with van der Waals surface area (Å²) in [6.45, 7) is 3.27. The van der Waals surface area contributed by atoms with E-state index in [0.717, 1.165) is 55.5 Å². The number of amides is 2. The molecule has 2 aromatic rings. The molecule has 2 atom stereocenters. The number of likely N-dealkylation sites (tertiary alicyclic amines) is 1. The standard InChI is InChI=1S/C21H28N6O2/c1-3-14-7-5-11-22-18(14)21(29)27-12-6-8-15(27)13-26(2)20(28)16-9-4-10-17-19(16)24-25-23-17/h5,7,11,15-16H,3-4,6,8-10,12-13H2,1-2H3,(H,23,24,25). The number of rotatable bonds is 5. The van der Waals surface area contributed by atoms with Crippen LogP contribution in [0.1, 0.15) is 66.0 Å². The highest BCUT2D eigenvalue weighted by molar-refractivity contribution is 5.94. The van der Waals surface area contributed by atoms with Crippen LogP contribution in [0.25, 0.3) is 0 Å². The fraction of sp³-hybridized carbons (Fsp3) is 0.571. The summed E-state index contributed by atoms with van der Waals surface area (Å²) in [5, 5.41) is 11.0. The Hall–Kier alpha value is -2.77. The van der Waals surface area contributed by atoms with Gasteiger partial charge in [-0.05, 0) is 50.2 Å². The zero-order valence-corrected chi connectivity index (χ0v) is 17.1. The van der Waals surface area contributed by atoms with Crippen LogP contribution in [-0.2, 0) is 17.6 Å². The number of H-pyrrole nitrogens is 1. The average molecular weight is 396 g/mol. The maximum Gasteiger partial charge on any atom is 0.273 e. The van der Waals surface area contributed by atoms with Gasteiger partial charge in [0.15, 0.2) is 0 Å². The number of aromatic amines is 1. The topological polar surface area (TPSA) is 95.1 Å². The third kappa shape index (κ3) is 3.75. The summed E-state index contributed by atoms with van der Waals surface area (Å²) in [5.41, 5.74) is 3.19. The Morgan fingerprint density at radius 2 is 2.14 bits per heavy atom. The molecular formula is C21H28N6O2. The molecular weight excluding hydrogens is 368 g/mol. The van der Waals surface area contributed by atoms with Crippen LogP contribution in [0.4, 0.5) is 0 Å². The van der Waals surface area contributed by atoms with Crippen LogP contribution >= 0.6 is 0 Å². The van der Waals surface area contributed by atoms with Crippen molar-refractivity contribution in [3.8, 4) is 0 Å². The Balaban J connectivity index is 1.46. The van der Waals surface area contributed by atoms with E-state index in [-0.39, 0.29) is 23.8 Å². The number of hydrogen-bond donors (Lipinski definition) is 1. The molecule has 1 aliphatic carbocycles. The number of fused-ring (bicyclic) bond motifs is 1. The number of pyridine rings is 1. The quantitative estimate of drug-likeness (QED) is 0.833. The summed E-state index contributed by atoms with van der Waals surface area (Å²) in [7, 11) is 1.83. The zero-order chi connectivity index (χ0) is 20.4. The summed E-state index contributed by atoms with van der Waals surface area (Å²) in [5.74, 6) is -0.205. The van der Waals surface area contributed by atoms with Gasteiger partial charge in [0.1, 0.15) is 5.69 Å². The normalized spacial score (nSPS) is 21.1. The van der Waals surface area contributed by atoms with Crippen LogP contribution in [-0.4, -0.2) is 68.2 Å². The van der Waals surface area contributed by atoms with E-state index < -0.39 is 0 Å². The van der Waals surface area contributed by atoms with Crippen LogP contribution in [0, 0.1) is 0 Å². The van der Waals surface area contributed by atoms with Gasteiger partial charge >= 0.3 is 0 Å². The Morgan fingerprint density at radius 1 is 1.28 bits per heavy atom. The average Bonchev–Trinajstić information content (AvgIpc) is 3.41. The number of hydrogen-bond acceptors (Lipinski definition) is 5. The first-order valence-electron chi connectivity index (χ1n) is 10.5. The first-order valence-corrected chi connectivity index (χ1v) is 10.5. The number of likely N-dealkylation sites (N-methyl/N-ethyl adjacent to an activating group) is 1. The highest BCUT2D eigenvalue weighted by Crippen LogP contribution is 2.30. The molecule has 1 saturated heterocycles. The Labute approximate surface area is 170 Å². The second-order valence-corrected chi connectivity index (χ2v) is 7.98. The summed E-state index contributed by atoms with van der Waals surface area (Å²) < 4.78 is 0. The number of aromatic nitrogens is 4. The van der Waals surface area contributed by atoms with Gasteiger partial charge in [-0.3, -0.25) is 14.6 Å². The van der Waals surface area contributed by atoms with Gasteiger partial charge in [-0.15, -0.1) is 0 Å². The van der Waals surface area contributed by atoms with Gasteiger partial charge in [-0.2, -0.15) is 15.4 Å². The molecule has 0 saturated carbocycles. The van der Waals surface area contributed by atoms with Crippen LogP contribution < -0.4 is 0 Å². The number of nitrogens with one attached hydrogen (secondary N) is 1. The Bertz CT molecular complexity index is 895. The fourth-order valence-corrected chi connectivity index (χ4v) is 4.59. The highest BCUT2D eigenvalue weighted by Gasteiger charge is 2.36. The van der Waals surface area contributed by atoms with E-state index >= 15 is 0 Å². The van der Waals surface area contributed by atoms with Crippen molar-refractivity contribution >= 4 is 11.8 Å². The number of nitrogens with zero attached hydrogens (tertiary/aromatic N) is 5. The van der Waals surface area contributed by atoms with E-state index in [2.05, 4.69) is 20.4 Å². The number of aryl methyl sites for hydroxylation is 2. The van der Waals surface area contributed by atoms with Crippen LogP contribution in [0.5, 0.6) is 0 Å². The molecule has 2 aliphatic rings. The second kappa shape index (κ2) is 8.31. The van der Waals surface area contributed by atoms with E-state index in [4.69, 9.17) is 0 Å². The second-order valence-electron chi connectivity index (χ2n) is 7.98. The zero-order valence-electron chi connectivity index (χ0n) is 17.1. The predicted octanol–water partition coefficient (Wildman–Crippen LogP) is 1.95. The SMILES string of the molecule is CCc1cccnc1C(=O)N1CCCC1CN(C)C(=O)C1CCCc2n[nH]nc21. The molecule has 0 bridgehead atoms. The fourth-order valence-electron chi connectivity index (χ4n) is 4.59. The maximum absolute atomic E-state index is 13.2. The molecule has 154 valence electrons. The molecule has 2 unspecified atom stereocenters. The monoisotopic (exact) mass is 396 g/mol. The smallest absolute Gasteiger partial charge is 0.273 e. The minimum absolute atomic E-state index is 0.0172. The molecule has 2 amide bonds. The molecule has 0 radical (unpaired) electrons. The number of carbonyl (C=O) groups is 2. The van der Waals surface area contributed by atoms with E-state index in [0.29, 0.717) is 18.8 Å². The van der Waals surface area contributed by atoms with Gasteiger partial charge in [0, 0.05) is 32.4 Å². The molecule has 1 aliphatic heterocycles. The minimum atomic E-state index is -0.240. The van der Waals surface area contributed by atoms with Crippen LogP contribution in [0.2, 0.25) is 0 Å². The molecule has 1 fully saturated rings. The van der Waals surface area contributed by atoms with E-state index in [1.165, 1.54) is 0 Å². The van der Waals surface area contributed by atoms with Crippen molar-refractivity contribution in [3.05, 3.63) is 41.0 Å². The van der Waals surface area contributed by atoms with Crippen molar-refractivity contribution in [2.45, 2.75) is 57.4 Å². The van der Waals surface area contributed by atoms with Gasteiger partial charge in [-0.1, -0.05) is 13.0 Å². The van der Waals surface area contributed by atoms with Crippen LogP contribution in [0.3, 0.4) is 0 Å². The predicted molar refractivity (Wildman–Crippen MR) is 107 cm³/mol. The molecule has 3 heterocycles. The first kappa shape index (κ1) is 19.5. The van der Waals surface area contributed by atoms with Crippen molar-refractivity contribution < 1.29 is 9.59 Å². The molecule has 2 aromatic heterocycles. The maximum atomic E-state index is 13.2. The Morgan fingerprint density at radius 3 is 2.97 bits per heavy atom. The van der Waals surface area contributed by atoms with Crippen molar-refractivity contribution in [2.75, 3.05) is 20.1 Å². The molecule has 8 heteroatoms. The molecule has 8 nitrogen and oxygen atoms in total. The lowest BCUT2D eigenvalue weighted by atomic mass is 9.89. The molecule has 0 aromatic carbocycles. The third-order valence-electron chi connectivity index (χ3n) is 6.16. The van der Waals surface area contributed by atoms with E-state index in [9.17, 15) is 9.59 Å². The lowest BCUT2D eigenvalue weighted by molar-refractivity contribution is -0.132. The summed E-state index contributed by atoms with van der Waals surface area (Å²) in [6, 6.07) is 3.84. The van der Waals surface area contributed by atoms with E-state index in [1.54, 1.807) is 11.1 Å². The molecule has 0 spiro atoms. The third-order valence-corrected chi connectivity index (χ3v) is 6.16. The first-order chi connectivity index (χ1) is 14.1. The van der Waals surface area contributed by atoms with E-state index in [1.807, 2.05) is 31.0 Å². The lowest BCUT2D eigenvalue weighted by Gasteiger charge is -2.31. The van der Waals surface area contributed by atoms with Crippen molar-refractivity contribution in [2.24, 2.45) is 0 Å².